The van der Waals surface area contributed by atoms with Gasteiger partial charge < -0.3 is 10.6 Å². The van der Waals surface area contributed by atoms with Crippen LogP contribution >= 0.6 is 23.2 Å². The van der Waals surface area contributed by atoms with Gasteiger partial charge in [0.2, 0.25) is 5.91 Å². The first-order valence-electron chi connectivity index (χ1n) is 6.96. The Labute approximate surface area is 140 Å². The quantitative estimate of drug-likeness (QED) is 0.820. The van der Waals surface area contributed by atoms with Crippen molar-refractivity contribution in [3.8, 4) is 0 Å². The van der Waals surface area contributed by atoms with Gasteiger partial charge in [-0.3, -0.25) is 4.79 Å². The Morgan fingerprint density at radius 2 is 1.77 bits per heavy atom. The molecule has 0 aliphatic carbocycles. The zero-order chi connectivity index (χ0) is 16.3. The minimum atomic E-state index is -0.395. The van der Waals surface area contributed by atoms with Crippen molar-refractivity contribution in [2.24, 2.45) is 0 Å². The van der Waals surface area contributed by atoms with E-state index >= 15 is 0 Å². The van der Waals surface area contributed by atoms with E-state index in [2.05, 4.69) is 17.6 Å². The molecule has 22 heavy (non-hydrogen) atoms. The zero-order valence-corrected chi connectivity index (χ0v) is 14.2. The van der Waals surface area contributed by atoms with Crippen LogP contribution in [0, 0.1) is 13.8 Å². The van der Waals surface area contributed by atoms with Gasteiger partial charge in [0.25, 0.3) is 0 Å². The maximum absolute atomic E-state index is 12.2. The van der Waals surface area contributed by atoms with E-state index in [0.29, 0.717) is 15.7 Å². The Kier molecular flexibility index (Phi) is 5.33. The highest BCUT2D eigenvalue weighted by Crippen LogP contribution is 2.25. The van der Waals surface area contributed by atoms with Gasteiger partial charge in [-0.1, -0.05) is 29.3 Å². The third-order valence-corrected chi connectivity index (χ3v) is 4.02. The van der Waals surface area contributed by atoms with Gasteiger partial charge in [0.15, 0.2) is 0 Å². The molecule has 1 amide bonds. The van der Waals surface area contributed by atoms with E-state index in [-0.39, 0.29) is 5.91 Å². The highest BCUT2D eigenvalue weighted by atomic mass is 35.5. The van der Waals surface area contributed by atoms with E-state index < -0.39 is 6.04 Å². The summed E-state index contributed by atoms with van der Waals surface area (Å²) in [6.07, 6.45) is 0. The Balaban J connectivity index is 2.04. The zero-order valence-electron chi connectivity index (χ0n) is 12.7. The fourth-order valence-corrected chi connectivity index (χ4v) is 2.43. The molecule has 0 fully saturated rings. The first-order valence-corrected chi connectivity index (χ1v) is 7.72. The van der Waals surface area contributed by atoms with E-state index in [9.17, 15) is 4.79 Å². The van der Waals surface area contributed by atoms with Crippen LogP contribution in [0.15, 0.2) is 36.4 Å². The molecular formula is C17H18Cl2N2O. The molecule has 0 aromatic heterocycles. The summed E-state index contributed by atoms with van der Waals surface area (Å²) in [4.78, 5) is 12.2. The Bertz CT molecular complexity index is 701. The monoisotopic (exact) mass is 336 g/mol. The molecule has 3 nitrogen and oxygen atoms in total. The molecule has 0 saturated carbocycles. The number of hydrogen-bond donors (Lipinski definition) is 2. The number of rotatable bonds is 4. The lowest BCUT2D eigenvalue weighted by Crippen LogP contribution is -2.32. The van der Waals surface area contributed by atoms with Gasteiger partial charge in [0, 0.05) is 10.7 Å². The van der Waals surface area contributed by atoms with E-state index in [1.54, 1.807) is 25.1 Å². The number of carbonyl (C=O) groups is 1. The van der Waals surface area contributed by atoms with Crippen molar-refractivity contribution in [3.63, 3.8) is 0 Å². The van der Waals surface area contributed by atoms with Gasteiger partial charge in [-0.2, -0.15) is 0 Å². The summed E-state index contributed by atoms with van der Waals surface area (Å²) in [5.41, 5.74) is 3.85. The summed E-state index contributed by atoms with van der Waals surface area (Å²) in [5.74, 6) is -0.164. The number of benzene rings is 2. The normalized spacial score (nSPS) is 11.9. The van der Waals surface area contributed by atoms with Crippen LogP contribution < -0.4 is 10.6 Å². The van der Waals surface area contributed by atoms with E-state index in [0.717, 1.165) is 5.69 Å². The van der Waals surface area contributed by atoms with Crippen LogP contribution in [0.3, 0.4) is 0 Å². The molecule has 0 heterocycles. The smallest absolute Gasteiger partial charge is 0.246 e. The molecule has 116 valence electrons. The first kappa shape index (κ1) is 16.7. The highest BCUT2D eigenvalue weighted by molar-refractivity contribution is 6.36. The number of hydrogen-bond acceptors (Lipinski definition) is 2. The van der Waals surface area contributed by atoms with Crippen LogP contribution in [0.4, 0.5) is 11.4 Å². The van der Waals surface area contributed by atoms with E-state index in [1.807, 2.05) is 25.1 Å². The van der Waals surface area contributed by atoms with Crippen LogP contribution in [0.5, 0.6) is 0 Å². The molecule has 0 spiro atoms. The van der Waals surface area contributed by atoms with Gasteiger partial charge in [-0.25, -0.2) is 0 Å². The number of carbonyl (C=O) groups excluding carboxylic acids is 1. The maximum atomic E-state index is 12.2. The topological polar surface area (TPSA) is 41.1 Å². The predicted octanol–water partition coefficient (Wildman–Crippen LogP) is 5.05. The molecule has 2 N–H and O–H groups in total. The van der Waals surface area contributed by atoms with Crippen molar-refractivity contribution in [1.29, 1.82) is 0 Å². The average Bonchev–Trinajstić information content (AvgIpc) is 2.45. The Morgan fingerprint density at radius 1 is 1.05 bits per heavy atom. The first-order chi connectivity index (χ1) is 10.4. The number of aryl methyl sites for hydroxylation is 2. The summed E-state index contributed by atoms with van der Waals surface area (Å²) >= 11 is 11.9. The van der Waals surface area contributed by atoms with Gasteiger partial charge in [-0.15, -0.1) is 0 Å². The lowest BCUT2D eigenvalue weighted by atomic mass is 10.1. The highest BCUT2D eigenvalue weighted by Gasteiger charge is 2.14. The molecule has 2 aromatic carbocycles. The van der Waals surface area contributed by atoms with Crippen LogP contribution in [-0.4, -0.2) is 11.9 Å². The van der Waals surface area contributed by atoms with E-state index in [1.165, 1.54) is 11.1 Å². The fraction of sp³-hybridized carbons (Fsp3) is 0.235. The second-order valence-corrected chi connectivity index (χ2v) is 6.12. The molecule has 0 unspecified atom stereocenters. The van der Waals surface area contributed by atoms with Crippen LogP contribution in [0.25, 0.3) is 0 Å². The minimum absolute atomic E-state index is 0.164. The molecule has 0 aliphatic rings. The number of halogens is 2. The molecule has 0 bridgehead atoms. The Morgan fingerprint density at radius 3 is 2.41 bits per heavy atom. The van der Waals surface area contributed by atoms with Crippen LogP contribution in [0.1, 0.15) is 18.1 Å². The standard InChI is InChI=1S/C17H18Cl2N2O/c1-10-4-6-14(8-11(10)2)20-12(3)17(22)21-16-7-5-13(18)9-15(16)19/h4-9,12,20H,1-3H3,(H,21,22)/t12-/m1/s1. The van der Waals surface area contributed by atoms with Crippen LogP contribution in [-0.2, 0) is 4.79 Å². The second-order valence-electron chi connectivity index (χ2n) is 5.28. The summed E-state index contributed by atoms with van der Waals surface area (Å²) < 4.78 is 0. The molecule has 0 aliphatic heterocycles. The van der Waals surface area contributed by atoms with Crippen molar-refractivity contribution in [2.75, 3.05) is 10.6 Å². The van der Waals surface area contributed by atoms with E-state index in [4.69, 9.17) is 23.2 Å². The number of nitrogens with one attached hydrogen (secondary N) is 2. The van der Waals surface area contributed by atoms with Gasteiger partial charge in [0.05, 0.1) is 10.7 Å². The molecule has 5 heteroatoms. The second kappa shape index (κ2) is 7.03. The molecular weight excluding hydrogens is 319 g/mol. The summed E-state index contributed by atoms with van der Waals surface area (Å²) in [6, 6.07) is 10.6. The molecule has 2 rings (SSSR count). The maximum Gasteiger partial charge on any atom is 0.246 e. The lowest BCUT2D eigenvalue weighted by molar-refractivity contribution is -0.116. The van der Waals surface area contributed by atoms with Crippen LogP contribution in [0.2, 0.25) is 10.0 Å². The molecule has 0 radical (unpaired) electrons. The largest absolute Gasteiger partial charge is 0.374 e. The van der Waals surface area contributed by atoms with Crippen molar-refractivity contribution >= 4 is 40.5 Å². The fourth-order valence-electron chi connectivity index (χ4n) is 1.98. The van der Waals surface area contributed by atoms with Crippen molar-refractivity contribution < 1.29 is 4.79 Å². The molecule has 1 atom stereocenters. The SMILES string of the molecule is Cc1ccc(N[C@H](C)C(=O)Nc2ccc(Cl)cc2Cl)cc1C. The Hall–Kier alpha value is -1.71. The third kappa shape index (κ3) is 4.15. The van der Waals surface area contributed by atoms with Gasteiger partial charge in [-0.05, 0) is 62.2 Å². The summed E-state index contributed by atoms with van der Waals surface area (Å²) in [6.45, 7) is 5.89. The molecule has 2 aromatic rings. The third-order valence-electron chi connectivity index (χ3n) is 3.47. The van der Waals surface area contributed by atoms with Gasteiger partial charge in [0.1, 0.15) is 6.04 Å². The van der Waals surface area contributed by atoms with Crippen molar-refractivity contribution in [1.82, 2.24) is 0 Å². The van der Waals surface area contributed by atoms with Gasteiger partial charge >= 0.3 is 0 Å². The summed E-state index contributed by atoms with van der Waals surface area (Å²) in [7, 11) is 0. The van der Waals surface area contributed by atoms with Crippen molar-refractivity contribution in [3.05, 3.63) is 57.6 Å². The lowest BCUT2D eigenvalue weighted by Gasteiger charge is -2.16. The predicted molar refractivity (Wildman–Crippen MR) is 94.1 cm³/mol. The minimum Gasteiger partial charge on any atom is -0.374 e. The molecule has 0 saturated heterocycles. The number of anilines is 2. The summed E-state index contributed by atoms with van der Waals surface area (Å²) in [5, 5.41) is 6.92. The average molecular weight is 337 g/mol. The van der Waals surface area contributed by atoms with Crippen molar-refractivity contribution in [2.45, 2.75) is 26.8 Å². The number of amides is 1.